The van der Waals surface area contributed by atoms with Crippen LogP contribution in [-0.2, 0) is 17.6 Å². The number of hydrogen-bond donors (Lipinski definition) is 1. The number of amides is 2. The molecule has 4 nitrogen and oxygen atoms in total. The summed E-state index contributed by atoms with van der Waals surface area (Å²) in [5.41, 5.74) is 4.02. The number of nitrogens with zero attached hydrogens (tertiary/aromatic N) is 1. The predicted octanol–water partition coefficient (Wildman–Crippen LogP) is 2.19. The van der Waals surface area contributed by atoms with Gasteiger partial charge in [-0.3, -0.25) is 9.59 Å². The van der Waals surface area contributed by atoms with Crippen molar-refractivity contribution in [1.29, 1.82) is 0 Å². The largest absolute Gasteiger partial charge is 0.349 e. The molecule has 0 radical (unpaired) electrons. The average Bonchev–Trinajstić information content (AvgIpc) is 3.09. The summed E-state index contributed by atoms with van der Waals surface area (Å²) >= 11 is 0. The van der Waals surface area contributed by atoms with Gasteiger partial charge in [-0.1, -0.05) is 12.8 Å². The summed E-state index contributed by atoms with van der Waals surface area (Å²) in [6, 6.07) is 4.25. The minimum Gasteiger partial charge on any atom is -0.349 e. The maximum Gasteiger partial charge on any atom is 0.251 e. The molecule has 4 rings (SSSR count). The number of benzene rings is 1. The zero-order chi connectivity index (χ0) is 14.4. The Morgan fingerprint density at radius 2 is 1.90 bits per heavy atom. The Bertz CT molecular complexity index is 617. The Morgan fingerprint density at radius 3 is 2.71 bits per heavy atom. The van der Waals surface area contributed by atoms with E-state index < -0.39 is 0 Å². The van der Waals surface area contributed by atoms with E-state index in [0.29, 0.717) is 12.5 Å². The first-order chi connectivity index (χ1) is 10.2. The van der Waals surface area contributed by atoms with E-state index in [2.05, 4.69) is 5.32 Å². The van der Waals surface area contributed by atoms with Gasteiger partial charge in [-0.05, 0) is 48.9 Å². The van der Waals surface area contributed by atoms with E-state index in [1.54, 1.807) is 0 Å². The number of nitrogens with one attached hydrogen (secondary N) is 1. The SMILES string of the molecule is O=C(NC1CCCC1)c1cc2c3c(c1)CC(=O)N3CCC2. The molecule has 1 aromatic rings. The second-order valence-electron chi connectivity index (χ2n) is 6.42. The summed E-state index contributed by atoms with van der Waals surface area (Å²) in [7, 11) is 0. The molecular formula is C17H20N2O2. The molecule has 1 saturated carbocycles. The van der Waals surface area contributed by atoms with Crippen LogP contribution in [0.2, 0.25) is 0 Å². The Morgan fingerprint density at radius 1 is 1.14 bits per heavy atom. The minimum atomic E-state index is 0.0254. The Balaban J connectivity index is 1.64. The quantitative estimate of drug-likeness (QED) is 0.905. The molecule has 2 heterocycles. The molecule has 3 aliphatic rings. The van der Waals surface area contributed by atoms with Crippen LogP contribution >= 0.6 is 0 Å². The number of rotatable bonds is 2. The molecule has 1 fully saturated rings. The lowest BCUT2D eigenvalue weighted by molar-refractivity contribution is -0.117. The highest BCUT2D eigenvalue weighted by Gasteiger charge is 2.33. The maximum absolute atomic E-state index is 12.4. The van der Waals surface area contributed by atoms with Crippen LogP contribution in [0.25, 0.3) is 0 Å². The lowest BCUT2D eigenvalue weighted by Gasteiger charge is -2.26. The van der Waals surface area contributed by atoms with Crippen molar-refractivity contribution < 1.29 is 9.59 Å². The smallest absolute Gasteiger partial charge is 0.251 e. The Hall–Kier alpha value is -1.84. The lowest BCUT2D eigenvalue weighted by Crippen LogP contribution is -2.33. The van der Waals surface area contributed by atoms with Gasteiger partial charge in [0.25, 0.3) is 5.91 Å². The van der Waals surface area contributed by atoms with Gasteiger partial charge < -0.3 is 10.2 Å². The minimum absolute atomic E-state index is 0.0254. The topological polar surface area (TPSA) is 49.4 Å². The standard InChI is InChI=1S/C17H20N2O2/c20-15-10-12-9-13(17(21)18-14-5-1-2-6-14)8-11-4-3-7-19(15)16(11)12/h8-9,14H,1-7,10H2,(H,18,21). The predicted molar refractivity (Wildman–Crippen MR) is 80.5 cm³/mol. The molecule has 2 amide bonds. The summed E-state index contributed by atoms with van der Waals surface area (Å²) in [6.07, 6.45) is 7.02. The fraction of sp³-hybridized carbons (Fsp3) is 0.529. The van der Waals surface area contributed by atoms with Crippen molar-refractivity contribution in [2.75, 3.05) is 11.4 Å². The molecule has 0 aromatic heterocycles. The second kappa shape index (κ2) is 4.86. The molecule has 0 atom stereocenters. The molecular weight excluding hydrogens is 264 g/mol. The fourth-order valence-corrected chi connectivity index (χ4v) is 3.95. The third kappa shape index (κ3) is 2.13. The van der Waals surface area contributed by atoms with E-state index in [9.17, 15) is 9.59 Å². The van der Waals surface area contributed by atoms with Crippen LogP contribution in [0.3, 0.4) is 0 Å². The van der Waals surface area contributed by atoms with Crippen molar-refractivity contribution in [1.82, 2.24) is 5.32 Å². The molecule has 0 bridgehead atoms. The molecule has 1 N–H and O–H groups in total. The van der Waals surface area contributed by atoms with Crippen LogP contribution in [0.1, 0.15) is 53.6 Å². The van der Waals surface area contributed by atoms with Gasteiger partial charge in [-0.2, -0.15) is 0 Å². The number of carbonyl (C=O) groups excluding carboxylic acids is 2. The summed E-state index contributed by atoms with van der Waals surface area (Å²) in [5, 5.41) is 3.14. The van der Waals surface area contributed by atoms with Gasteiger partial charge in [0.1, 0.15) is 0 Å². The number of anilines is 1. The summed E-state index contributed by atoms with van der Waals surface area (Å²) in [6.45, 7) is 0.826. The molecule has 4 heteroatoms. The molecule has 21 heavy (non-hydrogen) atoms. The van der Waals surface area contributed by atoms with Crippen LogP contribution < -0.4 is 10.2 Å². The van der Waals surface area contributed by atoms with Crippen LogP contribution in [0, 0.1) is 0 Å². The van der Waals surface area contributed by atoms with Gasteiger partial charge in [-0.25, -0.2) is 0 Å². The van der Waals surface area contributed by atoms with Crippen molar-refractivity contribution in [2.24, 2.45) is 0 Å². The average molecular weight is 284 g/mol. The molecule has 0 saturated heterocycles. The summed E-state index contributed by atoms with van der Waals surface area (Å²) in [5.74, 6) is 0.205. The van der Waals surface area contributed by atoms with Crippen molar-refractivity contribution in [3.05, 3.63) is 28.8 Å². The maximum atomic E-state index is 12.4. The highest BCUT2D eigenvalue weighted by atomic mass is 16.2. The van der Waals surface area contributed by atoms with E-state index in [4.69, 9.17) is 0 Å². The van der Waals surface area contributed by atoms with Gasteiger partial charge in [0.05, 0.1) is 12.1 Å². The summed E-state index contributed by atoms with van der Waals surface area (Å²) < 4.78 is 0. The number of aryl methyl sites for hydroxylation is 1. The molecule has 0 spiro atoms. The van der Waals surface area contributed by atoms with Crippen LogP contribution in [-0.4, -0.2) is 24.4 Å². The first-order valence-electron chi connectivity index (χ1n) is 7.99. The van der Waals surface area contributed by atoms with E-state index >= 15 is 0 Å². The fourth-order valence-electron chi connectivity index (χ4n) is 3.95. The van der Waals surface area contributed by atoms with Gasteiger partial charge in [0.15, 0.2) is 0 Å². The van der Waals surface area contributed by atoms with E-state index in [1.807, 2.05) is 17.0 Å². The Kier molecular flexibility index (Phi) is 2.98. The van der Waals surface area contributed by atoms with Crippen molar-refractivity contribution in [3.8, 4) is 0 Å². The molecule has 0 unspecified atom stereocenters. The lowest BCUT2D eigenvalue weighted by atomic mass is 9.96. The van der Waals surface area contributed by atoms with Crippen molar-refractivity contribution in [3.63, 3.8) is 0 Å². The van der Waals surface area contributed by atoms with Gasteiger partial charge >= 0.3 is 0 Å². The second-order valence-corrected chi connectivity index (χ2v) is 6.42. The molecule has 2 aliphatic heterocycles. The third-order valence-electron chi connectivity index (χ3n) is 4.96. The number of hydrogen-bond acceptors (Lipinski definition) is 2. The summed E-state index contributed by atoms with van der Waals surface area (Å²) in [4.78, 5) is 26.4. The normalized spacial score (nSPS) is 20.8. The van der Waals surface area contributed by atoms with E-state index in [-0.39, 0.29) is 11.8 Å². The molecule has 110 valence electrons. The van der Waals surface area contributed by atoms with Crippen LogP contribution in [0.15, 0.2) is 12.1 Å². The van der Waals surface area contributed by atoms with E-state index in [1.165, 1.54) is 18.4 Å². The Labute approximate surface area is 124 Å². The van der Waals surface area contributed by atoms with Crippen molar-refractivity contribution in [2.45, 2.75) is 51.0 Å². The zero-order valence-corrected chi connectivity index (χ0v) is 12.2. The third-order valence-corrected chi connectivity index (χ3v) is 4.96. The van der Waals surface area contributed by atoms with Crippen molar-refractivity contribution >= 4 is 17.5 Å². The van der Waals surface area contributed by atoms with Gasteiger partial charge in [0.2, 0.25) is 5.91 Å². The zero-order valence-electron chi connectivity index (χ0n) is 12.2. The van der Waals surface area contributed by atoms with Gasteiger partial charge in [-0.15, -0.1) is 0 Å². The van der Waals surface area contributed by atoms with E-state index in [0.717, 1.165) is 49.0 Å². The van der Waals surface area contributed by atoms with Crippen LogP contribution in [0.4, 0.5) is 5.69 Å². The van der Waals surface area contributed by atoms with Gasteiger partial charge in [0, 0.05) is 18.2 Å². The first-order valence-corrected chi connectivity index (χ1v) is 7.99. The number of carbonyl (C=O) groups is 2. The first kappa shape index (κ1) is 12.9. The van der Waals surface area contributed by atoms with Crippen LogP contribution in [0.5, 0.6) is 0 Å². The molecule has 1 aromatic carbocycles. The molecule has 1 aliphatic carbocycles. The highest BCUT2D eigenvalue weighted by molar-refractivity contribution is 6.04. The highest BCUT2D eigenvalue weighted by Crippen LogP contribution is 2.37. The monoisotopic (exact) mass is 284 g/mol.